The van der Waals surface area contributed by atoms with Gasteiger partial charge in [-0.3, -0.25) is 9.69 Å². The summed E-state index contributed by atoms with van der Waals surface area (Å²) in [6.45, 7) is 5.27. The Morgan fingerprint density at radius 2 is 2.33 bits per heavy atom. The Kier molecular flexibility index (Phi) is 4.11. The number of carbonyl (C=O) groups is 1. The first-order chi connectivity index (χ1) is 7.02. The minimum Gasteiger partial charge on any atom is -0.480 e. The van der Waals surface area contributed by atoms with Crippen LogP contribution < -0.4 is 0 Å². The predicted octanol–water partition coefficient (Wildman–Crippen LogP) is 1.35. The normalized spacial score (nSPS) is 26.5. The Hall–Kier alpha value is -0.610. The molecule has 1 saturated heterocycles. The van der Waals surface area contributed by atoms with Gasteiger partial charge in [0, 0.05) is 19.8 Å². The van der Waals surface area contributed by atoms with Gasteiger partial charge in [-0.05, 0) is 39.7 Å². The highest BCUT2D eigenvalue weighted by atomic mass is 16.5. The molecule has 2 unspecified atom stereocenters. The molecule has 0 aromatic rings. The summed E-state index contributed by atoms with van der Waals surface area (Å²) in [6, 6.07) is 0.364. The van der Waals surface area contributed by atoms with E-state index < -0.39 is 11.5 Å². The average molecular weight is 215 g/mol. The number of ether oxygens (including phenoxy) is 1. The number of carboxylic acid groups (broad SMARTS) is 1. The van der Waals surface area contributed by atoms with E-state index in [2.05, 4.69) is 11.8 Å². The van der Waals surface area contributed by atoms with Crippen LogP contribution in [0.5, 0.6) is 0 Å². The van der Waals surface area contributed by atoms with Crippen LogP contribution in [0.2, 0.25) is 0 Å². The lowest BCUT2D eigenvalue weighted by molar-refractivity contribution is -0.152. The lowest BCUT2D eigenvalue weighted by atomic mass is 9.95. The molecule has 0 aromatic carbocycles. The first-order valence-electron chi connectivity index (χ1n) is 5.51. The van der Waals surface area contributed by atoms with Crippen molar-refractivity contribution in [3.8, 4) is 0 Å². The molecule has 15 heavy (non-hydrogen) atoms. The zero-order chi connectivity index (χ0) is 11.5. The van der Waals surface area contributed by atoms with Gasteiger partial charge in [0.25, 0.3) is 0 Å². The SMILES string of the molecule is COCCC(C)(C(=O)O)N1CCCC1C. The third-order valence-corrected chi connectivity index (χ3v) is 3.44. The first-order valence-corrected chi connectivity index (χ1v) is 5.51. The largest absolute Gasteiger partial charge is 0.480 e. The van der Waals surface area contributed by atoms with Crippen LogP contribution in [0.15, 0.2) is 0 Å². The van der Waals surface area contributed by atoms with Crippen molar-refractivity contribution in [2.75, 3.05) is 20.3 Å². The molecule has 0 bridgehead atoms. The maximum atomic E-state index is 11.4. The fourth-order valence-corrected chi connectivity index (χ4v) is 2.34. The van der Waals surface area contributed by atoms with E-state index in [-0.39, 0.29) is 0 Å². The number of methoxy groups -OCH3 is 1. The van der Waals surface area contributed by atoms with E-state index in [4.69, 9.17) is 4.74 Å². The predicted molar refractivity (Wildman–Crippen MR) is 57.9 cm³/mol. The second-order valence-electron chi connectivity index (χ2n) is 4.51. The molecule has 0 aliphatic carbocycles. The summed E-state index contributed by atoms with van der Waals surface area (Å²) >= 11 is 0. The summed E-state index contributed by atoms with van der Waals surface area (Å²) in [4.78, 5) is 13.5. The van der Waals surface area contributed by atoms with Crippen LogP contribution in [0.4, 0.5) is 0 Å². The second kappa shape index (κ2) is 4.94. The first kappa shape index (κ1) is 12.5. The third-order valence-electron chi connectivity index (χ3n) is 3.44. The van der Waals surface area contributed by atoms with E-state index in [9.17, 15) is 9.90 Å². The molecule has 0 radical (unpaired) electrons. The van der Waals surface area contributed by atoms with Gasteiger partial charge in [-0.15, -0.1) is 0 Å². The van der Waals surface area contributed by atoms with Gasteiger partial charge in [0.15, 0.2) is 0 Å². The quantitative estimate of drug-likeness (QED) is 0.752. The molecule has 0 aromatic heterocycles. The average Bonchev–Trinajstić information content (AvgIpc) is 2.61. The molecule has 1 aliphatic rings. The van der Waals surface area contributed by atoms with Crippen molar-refractivity contribution in [2.24, 2.45) is 0 Å². The van der Waals surface area contributed by atoms with Gasteiger partial charge >= 0.3 is 5.97 Å². The molecule has 4 heteroatoms. The van der Waals surface area contributed by atoms with E-state index in [1.807, 2.05) is 0 Å². The van der Waals surface area contributed by atoms with Gasteiger partial charge in [0.2, 0.25) is 0 Å². The lowest BCUT2D eigenvalue weighted by Gasteiger charge is -2.37. The van der Waals surface area contributed by atoms with E-state index in [0.717, 1.165) is 19.4 Å². The molecule has 2 atom stereocenters. The van der Waals surface area contributed by atoms with Crippen molar-refractivity contribution in [2.45, 2.75) is 44.7 Å². The Morgan fingerprint density at radius 1 is 1.67 bits per heavy atom. The van der Waals surface area contributed by atoms with Gasteiger partial charge in [0.1, 0.15) is 5.54 Å². The van der Waals surface area contributed by atoms with Crippen LogP contribution in [0.3, 0.4) is 0 Å². The highest BCUT2D eigenvalue weighted by Gasteiger charge is 2.43. The minimum atomic E-state index is -0.772. The van der Waals surface area contributed by atoms with E-state index in [0.29, 0.717) is 19.1 Å². The fourth-order valence-electron chi connectivity index (χ4n) is 2.34. The van der Waals surface area contributed by atoms with Crippen LogP contribution in [0.25, 0.3) is 0 Å². The molecule has 1 fully saturated rings. The smallest absolute Gasteiger partial charge is 0.323 e. The van der Waals surface area contributed by atoms with Crippen molar-refractivity contribution in [3.05, 3.63) is 0 Å². The maximum absolute atomic E-state index is 11.4. The number of hydrogen-bond donors (Lipinski definition) is 1. The number of carboxylic acids is 1. The second-order valence-corrected chi connectivity index (χ2v) is 4.51. The molecule has 4 nitrogen and oxygen atoms in total. The van der Waals surface area contributed by atoms with Crippen molar-refractivity contribution in [3.63, 3.8) is 0 Å². The summed E-state index contributed by atoms with van der Waals surface area (Å²) in [5.41, 5.74) is -0.772. The number of nitrogens with zero attached hydrogens (tertiary/aromatic N) is 1. The number of rotatable bonds is 5. The van der Waals surface area contributed by atoms with Crippen molar-refractivity contribution < 1.29 is 14.6 Å². The van der Waals surface area contributed by atoms with Gasteiger partial charge in [-0.2, -0.15) is 0 Å². The summed E-state index contributed by atoms with van der Waals surface area (Å²) in [7, 11) is 1.61. The van der Waals surface area contributed by atoms with Crippen LogP contribution >= 0.6 is 0 Å². The zero-order valence-corrected chi connectivity index (χ0v) is 9.82. The van der Waals surface area contributed by atoms with E-state index >= 15 is 0 Å². The molecule has 1 aliphatic heterocycles. The van der Waals surface area contributed by atoms with Gasteiger partial charge in [0.05, 0.1) is 0 Å². The molecule has 0 saturated carbocycles. The molecular weight excluding hydrogens is 194 g/mol. The van der Waals surface area contributed by atoms with E-state index in [1.165, 1.54) is 0 Å². The monoisotopic (exact) mass is 215 g/mol. The Bertz CT molecular complexity index is 232. The van der Waals surface area contributed by atoms with E-state index in [1.54, 1.807) is 14.0 Å². The molecule has 1 heterocycles. The zero-order valence-electron chi connectivity index (χ0n) is 9.82. The summed E-state index contributed by atoms with van der Waals surface area (Å²) in [6.07, 6.45) is 2.73. The van der Waals surface area contributed by atoms with Crippen LogP contribution in [0.1, 0.15) is 33.1 Å². The van der Waals surface area contributed by atoms with Crippen LogP contribution in [0, 0.1) is 0 Å². The molecule has 1 N–H and O–H groups in total. The van der Waals surface area contributed by atoms with Crippen LogP contribution in [-0.4, -0.2) is 47.8 Å². The molecule has 88 valence electrons. The minimum absolute atomic E-state index is 0.364. The number of likely N-dealkylation sites (tertiary alicyclic amines) is 1. The van der Waals surface area contributed by atoms with Gasteiger partial charge < -0.3 is 9.84 Å². The van der Waals surface area contributed by atoms with Gasteiger partial charge in [-0.25, -0.2) is 0 Å². The Balaban J connectivity index is 2.75. The molecule has 0 spiro atoms. The Morgan fingerprint density at radius 3 is 2.73 bits per heavy atom. The fraction of sp³-hybridized carbons (Fsp3) is 0.909. The lowest BCUT2D eigenvalue weighted by Crippen LogP contribution is -2.54. The van der Waals surface area contributed by atoms with Gasteiger partial charge in [-0.1, -0.05) is 0 Å². The number of hydrogen-bond acceptors (Lipinski definition) is 3. The topological polar surface area (TPSA) is 49.8 Å². The standard InChI is InChI=1S/C11H21NO3/c1-9-5-4-7-12(9)11(2,10(13)14)6-8-15-3/h9H,4-8H2,1-3H3,(H,13,14). The summed E-state index contributed by atoms with van der Waals surface area (Å²) < 4.78 is 4.99. The molecule has 1 rings (SSSR count). The van der Waals surface area contributed by atoms with Crippen LogP contribution in [-0.2, 0) is 9.53 Å². The molecule has 0 amide bonds. The molecular formula is C11H21NO3. The summed E-state index contributed by atoms with van der Waals surface area (Å²) in [5, 5.41) is 9.34. The summed E-state index contributed by atoms with van der Waals surface area (Å²) in [5.74, 6) is -0.742. The van der Waals surface area contributed by atoms with Crippen molar-refractivity contribution >= 4 is 5.97 Å². The van der Waals surface area contributed by atoms with Crippen molar-refractivity contribution in [1.82, 2.24) is 4.90 Å². The third kappa shape index (κ3) is 2.49. The number of aliphatic carboxylic acids is 1. The highest BCUT2D eigenvalue weighted by Crippen LogP contribution is 2.29. The Labute approximate surface area is 91.2 Å². The highest BCUT2D eigenvalue weighted by molar-refractivity contribution is 5.78. The maximum Gasteiger partial charge on any atom is 0.323 e. The van der Waals surface area contributed by atoms with Crippen molar-refractivity contribution in [1.29, 1.82) is 0 Å².